The minimum Gasteiger partial charge on any atom is -0.313 e. The molecule has 0 heterocycles. The Bertz CT molecular complexity index is 132. The molecule has 0 aromatic heterocycles. The molecule has 0 aliphatic heterocycles. The van der Waals surface area contributed by atoms with Gasteiger partial charge in [0.2, 0.25) is 0 Å². The maximum Gasteiger partial charge on any atom is 0.0282 e. The van der Waals surface area contributed by atoms with E-state index in [1.807, 2.05) is 11.8 Å². The molecule has 1 N–H and O–H groups in total. The van der Waals surface area contributed by atoms with Crippen LogP contribution in [0.1, 0.15) is 39.5 Å². The van der Waals surface area contributed by atoms with Crippen LogP contribution in [0.2, 0.25) is 0 Å². The average Bonchev–Trinajstić information content (AvgIpc) is 2.82. The fourth-order valence-corrected chi connectivity index (χ4v) is 2.23. The highest BCUT2D eigenvalue weighted by atomic mass is 32.2. The van der Waals surface area contributed by atoms with Crippen molar-refractivity contribution in [3.05, 3.63) is 0 Å². The zero-order valence-electron chi connectivity index (χ0n) is 8.52. The minimum absolute atomic E-state index is 0.627. The number of thioether (sulfide) groups is 1. The lowest BCUT2D eigenvalue weighted by atomic mass is 10.2. The van der Waals surface area contributed by atoms with Crippen molar-refractivity contribution in [2.75, 3.05) is 12.8 Å². The van der Waals surface area contributed by atoms with Crippen molar-refractivity contribution < 1.29 is 0 Å². The van der Waals surface area contributed by atoms with E-state index < -0.39 is 0 Å². The SMILES string of the molecule is CCCC(C)NCC1(SC)CC1. The molecular weight excluding hydrogens is 166 g/mol. The van der Waals surface area contributed by atoms with E-state index in [2.05, 4.69) is 25.4 Å². The summed E-state index contributed by atoms with van der Waals surface area (Å²) in [7, 11) is 0. The molecule has 0 radical (unpaired) electrons. The van der Waals surface area contributed by atoms with Gasteiger partial charge < -0.3 is 5.32 Å². The fourth-order valence-electron chi connectivity index (χ4n) is 1.49. The first-order chi connectivity index (χ1) is 5.72. The van der Waals surface area contributed by atoms with Crippen LogP contribution < -0.4 is 5.32 Å². The Morgan fingerprint density at radius 2 is 2.17 bits per heavy atom. The second kappa shape index (κ2) is 4.52. The van der Waals surface area contributed by atoms with Gasteiger partial charge >= 0.3 is 0 Å². The first-order valence-corrected chi connectivity index (χ1v) is 6.23. The topological polar surface area (TPSA) is 12.0 Å². The third-order valence-electron chi connectivity index (χ3n) is 2.74. The largest absolute Gasteiger partial charge is 0.313 e. The lowest BCUT2D eigenvalue weighted by molar-refractivity contribution is 0.504. The van der Waals surface area contributed by atoms with E-state index in [1.54, 1.807) is 0 Å². The first kappa shape index (κ1) is 10.4. The third-order valence-corrected chi connectivity index (χ3v) is 4.15. The average molecular weight is 187 g/mol. The summed E-state index contributed by atoms with van der Waals surface area (Å²) in [4.78, 5) is 0. The minimum atomic E-state index is 0.627. The van der Waals surface area contributed by atoms with Gasteiger partial charge in [-0.3, -0.25) is 0 Å². The Hall–Kier alpha value is 0.310. The zero-order chi connectivity index (χ0) is 9.03. The van der Waals surface area contributed by atoms with Gasteiger partial charge in [-0.2, -0.15) is 11.8 Å². The maximum absolute atomic E-state index is 3.62. The van der Waals surface area contributed by atoms with Crippen LogP contribution in [0.25, 0.3) is 0 Å². The molecule has 72 valence electrons. The van der Waals surface area contributed by atoms with Gasteiger partial charge in [0, 0.05) is 17.3 Å². The quantitative estimate of drug-likeness (QED) is 0.686. The van der Waals surface area contributed by atoms with Crippen LogP contribution in [-0.2, 0) is 0 Å². The van der Waals surface area contributed by atoms with Crippen molar-refractivity contribution in [2.45, 2.75) is 50.3 Å². The Morgan fingerprint density at radius 1 is 1.50 bits per heavy atom. The molecule has 1 nitrogen and oxygen atoms in total. The van der Waals surface area contributed by atoms with E-state index in [0.717, 1.165) is 0 Å². The molecular formula is C10H21NS. The van der Waals surface area contributed by atoms with Crippen molar-refractivity contribution >= 4 is 11.8 Å². The van der Waals surface area contributed by atoms with Gasteiger partial charge in [0.05, 0.1) is 0 Å². The molecule has 0 aromatic rings. The van der Waals surface area contributed by atoms with Crippen molar-refractivity contribution in [3.63, 3.8) is 0 Å². The highest BCUT2D eigenvalue weighted by Gasteiger charge is 2.41. The van der Waals surface area contributed by atoms with Crippen LogP contribution in [0.5, 0.6) is 0 Å². The van der Waals surface area contributed by atoms with E-state index in [-0.39, 0.29) is 0 Å². The van der Waals surface area contributed by atoms with Crippen molar-refractivity contribution in [2.24, 2.45) is 0 Å². The first-order valence-electron chi connectivity index (χ1n) is 5.01. The lowest BCUT2D eigenvalue weighted by Crippen LogP contribution is -2.33. The van der Waals surface area contributed by atoms with Crippen LogP contribution in [0.3, 0.4) is 0 Å². The van der Waals surface area contributed by atoms with Gasteiger partial charge in [0.25, 0.3) is 0 Å². The van der Waals surface area contributed by atoms with Crippen molar-refractivity contribution in [3.8, 4) is 0 Å². The Morgan fingerprint density at radius 3 is 2.58 bits per heavy atom. The molecule has 1 saturated carbocycles. The highest BCUT2D eigenvalue weighted by Crippen LogP contribution is 2.46. The standard InChI is InChI=1S/C10H21NS/c1-4-5-9(2)11-8-10(12-3)6-7-10/h9,11H,4-8H2,1-3H3. The van der Waals surface area contributed by atoms with E-state index in [9.17, 15) is 0 Å². The molecule has 0 spiro atoms. The second-order valence-electron chi connectivity index (χ2n) is 3.96. The van der Waals surface area contributed by atoms with Crippen LogP contribution >= 0.6 is 11.8 Å². The molecule has 1 aliphatic rings. The number of hydrogen-bond donors (Lipinski definition) is 1. The summed E-state index contributed by atoms with van der Waals surface area (Å²) in [5.41, 5.74) is 0. The Kier molecular flexibility index (Phi) is 3.91. The smallest absolute Gasteiger partial charge is 0.0282 e. The molecule has 1 fully saturated rings. The van der Waals surface area contributed by atoms with E-state index >= 15 is 0 Å². The predicted molar refractivity (Wildman–Crippen MR) is 57.9 cm³/mol. The molecule has 1 unspecified atom stereocenters. The van der Waals surface area contributed by atoms with Gasteiger partial charge in [-0.05, 0) is 32.4 Å². The highest BCUT2D eigenvalue weighted by molar-refractivity contribution is 8.00. The molecule has 0 saturated heterocycles. The number of nitrogens with one attached hydrogen (secondary N) is 1. The number of rotatable bonds is 6. The van der Waals surface area contributed by atoms with Crippen molar-refractivity contribution in [1.82, 2.24) is 5.32 Å². The Labute approximate surface area is 80.7 Å². The van der Waals surface area contributed by atoms with Crippen LogP contribution in [0.15, 0.2) is 0 Å². The Balaban J connectivity index is 2.08. The van der Waals surface area contributed by atoms with Crippen LogP contribution in [-0.4, -0.2) is 23.6 Å². The summed E-state index contributed by atoms with van der Waals surface area (Å²) >= 11 is 2.04. The molecule has 0 amide bonds. The van der Waals surface area contributed by atoms with Gasteiger partial charge in [-0.25, -0.2) is 0 Å². The van der Waals surface area contributed by atoms with E-state index in [0.29, 0.717) is 10.8 Å². The molecule has 0 bridgehead atoms. The van der Waals surface area contributed by atoms with E-state index in [1.165, 1.54) is 32.2 Å². The summed E-state index contributed by atoms with van der Waals surface area (Å²) in [5.74, 6) is 0. The molecule has 1 atom stereocenters. The van der Waals surface area contributed by atoms with Crippen molar-refractivity contribution in [1.29, 1.82) is 0 Å². The third kappa shape index (κ3) is 2.98. The second-order valence-corrected chi connectivity index (χ2v) is 5.23. The van der Waals surface area contributed by atoms with Gasteiger partial charge in [0.1, 0.15) is 0 Å². The normalized spacial score (nSPS) is 22.2. The summed E-state index contributed by atoms with van der Waals surface area (Å²) in [6.07, 6.45) is 7.67. The molecule has 0 aromatic carbocycles. The summed E-state index contributed by atoms with van der Waals surface area (Å²) in [6.45, 7) is 5.76. The molecule has 1 aliphatic carbocycles. The molecule has 1 rings (SSSR count). The van der Waals surface area contributed by atoms with Gasteiger partial charge in [0.15, 0.2) is 0 Å². The predicted octanol–water partition coefficient (Wildman–Crippen LogP) is 2.66. The lowest BCUT2D eigenvalue weighted by Gasteiger charge is -2.17. The maximum atomic E-state index is 3.62. The van der Waals surface area contributed by atoms with E-state index in [4.69, 9.17) is 0 Å². The summed E-state index contributed by atoms with van der Waals surface area (Å²) in [6, 6.07) is 0.708. The monoisotopic (exact) mass is 187 g/mol. The van der Waals surface area contributed by atoms with Crippen LogP contribution in [0.4, 0.5) is 0 Å². The summed E-state index contributed by atoms with van der Waals surface area (Å²) in [5, 5.41) is 3.62. The molecule has 2 heteroatoms. The van der Waals surface area contributed by atoms with Crippen LogP contribution in [0, 0.1) is 0 Å². The zero-order valence-corrected chi connectivity index (χ0v) is 9.34. The van der Waals surface area contributed by atoms with Gasteiger partial charge in [-0.1, -0.05) is 13.3 Å². The van der Waals surface area contributed by atoms with Gasteiger partial charge in [-0.15, -0.1) is 0 Å². The molecule has 12 heavy (non-hydrogen) atoms. The number of hydrogen-bond acceptors (Lipinski definition) is 2. The summed E-state index contributed by atoms with van der Waals surface area (Å²) < 4.78 is 0.627. The fraction of sp³-hybridized carbons (Fsp3) is 1.00.